The topological polar surface area (TPSA) is 24.4 Å². The average molecular weight is 389 g/mol. The van der Waals surface area contributed by atoms with E-state index in [0.717, 1.165) is 36.5 Å². The molecule has 0 fully saturated rings. The van der Waals surface area contributed by atoms with Crippen molar-refractivity contribution in [2.24, 2.45) is 4.99 Å². The first kappa shape index (κ1) is 19.3. The smallest absolute Gasteiger partial charge is 0.0965 e. The number of rotatable bonds is 3. The first-order valence-electron chi connectivity index (χ1n) is 9.54. The van der Waals surface area contributed by atoms with E-state index in [9.17, 15) is 0 Å². The Kier molecular flexibility index (Phi) is 7.40. The molecule has 138 valence electrons. The van der Waals surface area contributed by atoms with Crippen LogP contribution in [-0.2, 0) is 6.54 Å². The zero-order chi connectivity index (χ0) is 18.2. The SMILES string of the molecule is Clc1ccc(-c2ccc(CNC3=NCCCCCCCC3)cc2)c(Cl)c1. The fourth-order valence-electron chi connectivity index (χ4n) is 3.28. The molecule has 2 nitrogen and oxygen atoms in total. The summed E-state index contributed by atoms with van der Waals surface area (Å²) >= 11 is 12.3. The third kappa shape index (κ3) is 5.75. The molecule has 0 amide bonds. The van der Waals surface area contributed by atoms with E-state index in [1.807, 2.05) is 12.1 Å². The van der Waals surface area contributed by atoms with Crippen molar-refractivity contribution >= 4 is 29.0 Å². The van der Waals surface area contributed by atoms with Gasteiger partial charge < -0.3 is 5.32 Å². The molecule has 0 atom stereocenters. The van der Waals surface area contributed by atoms with Crippen LogP contribution in [0.25, 0.3) is 11.1 Å². The Morgan fingerprint density at radius 2 is 1.58 bits per heavy atom. The summed E-state index contributed by atoms with van der Waals surface area (Å²) in [5.41, 5.74) is 3.36. The van der Waals surface area contributed by atoms with Crippen molar-refractivity contribution in [3.8, 4) is 11.1 Å². The number of hydrogen-bond donors (Lipinski definition) is 1. The van der Waals surface area contributed by atoms with Crippen molar-refractivity contribution in [3.05, 3.63) is 58.1 Å². The lowest BCUT2D eigenvalue weighted by molar-refractivity contribution is 0.591. The number of aliphatic imine (C=N–C) groups is 1. The van der Waals surface area contributed by atoms with Crippen molar-refractivity contribution in [1.29, 1.82) is 0 Å². The van der Waals surface area contributed by atoms with Crippen LogP contribution in [0.15, 0.2) is 47.5 Å². The van der Waals surface area contributed by atoms with Crippen LogP contribution in [-0.4, -0.2) is 12.4 Å². The van der Waals surface area contributed by atoms with E-state index in [1.165, 1.54) is 44.1 Å². The maximum Gasteiger partial charge on any atom is 0.0965 e. The minimum absolute atomic E-state index is 0.658. The summed E-state index contributed by atoms with van der Waals surface area (Å²) in [6, 6.07) is 14.1. The van der Waals surface area contributed by atoms with Gasteiger partial charge in [0.05, 0.1) is 5.84 Å². The highest BCUT2D eigenvalue weighted by Gasteiger charge is 2.06. The molecular weight excluding hydrogens is 363 g/mol. The molecule has 0 radical (unpaired) electrons. The molecule has 1 aliphatic heterocycles. The van der Waals surface area contributed by atoms with Crippen molar-refractivity contribution < 1.29 is 0 Å². The van der Waals surface area contributed by atoms with Gasteiger partial charge in [-0.15, -0.1) is 0 Å². The van der Waals surface area contributed by atoms with Crippen LogP contribution in [0.5, 0.6) is 0 Å². The van der Waals surface area contributed by atoms with E-state index in [2.05, 4.69) is 29.6 Å². The summed E-state index contributed by atoms with van der Waals surface area (Å²) in [5.74, 6) is 1.16. The van der Waals surface area contributed by atoms with E-state index in [4.69, 9.17) is 28.2 Å². The molecule has 0 bridgehead atoms. The van der Waals surface area contributed by atoms with Gasteiger partial charge in [-0.05, 0) is 36.1 Å². The molecule has 0 aromatic heterocycles. The number of halogens is 2. The molecule has 0 spiro atoms. The monoisotopic (exact) mass is 388 g/mol. The molecule has 26 heavy (non-hydrogen) atoms. The highest BCUT2D eigenvalue weighted by atomic mass is 35.5. The Balaban J connectivity index is 1.60. The third-order valence-electron chi connectivity index (χ3n) is 4.82. The standard InChI is InChI=1S/C22H26Cl2N2/c23-19-12-13-20(21(24)15-19)18-10-8-17(9-11-18)16-26-22-7-5-3-1-2-4-6-14-25-22/h8-13,15H,1-7,14,16H2,(H,25,26). The number of nitrogens with zero attached hydrogens (tertiary/aromatic N) is 1. The second-order valence-electron chi connectivity index (χ2n) is 6.87. The highest BCUT2D eigenvalue weighted by molar-refractivity contribution is 6.36. The van der Waals surface area contributed by atoms with Gasteiger partial charge >= 0.3 is 0 Å². The average Bonchev–Trinajstić information content (AvgIpc) is 2.65. The van der Waals surface area contributed by atoms with Crippen LogP contribution in [0.3, 0.4) is 0 Å². The van der Waals surface area contributed by atoms with Crippen LogP contribution in [0, 0.1) is 0 Å². The van der Waals surface area contributed by atoms with Crippen LogP contribution in [0.2, 0.25) is 10.0 Å². The van der Waals surface area contributed by atoms with Crippen molar-refractivity contribution in [1.82, 2.24) is 5.32 Å². The summed E-state index contributed by atoms with van der Waals surface area (Å²) < 4.78 is 0. The van der Waals surface area contributed by atoms with Crippen molar-refractivity contribution in [2.45, 2.75) is 51.5 Å². The predicted octanol–water partition coefficient (Wildman–Crippen LogP) is 6.89. The Labute approximate surface area is 166 Å². The van der Waals surface area contributed by atoms with Crippen LogP contribution in [0.1, 0.15) is 50.5 Å². The summed E-state index contributed by atoms with van der Waals surface area (Å²) in [6.45, 7) is 1.77. The van der Waals surface area contributed by atoms with E-state index < -0.39 is 0 Å². The van der Waals surface area contributed by atoms with Crippen LogP contribution in [0.4, 0.5) is 0 Å². The molecule has 4 heteroatoms. The van der Waals surface area contributed by atoms with Gasteiger partial charge in [0.2, 0.25) is 0 Å². The van der Waals surface area contributed by atoms with E-state index in [-0.39, 0.29) is 0 Å². The predicted molar refractivity (Wildman–Crippen MR) is 113 cm³/mol. The molecule has 1 heterocycles. The van der Waals surface area contributed by atoms with E-state index in [0.29, 0.717) is 10.0 Å². The Bertz CT molecular complexity index is 738. The third-order valence-corrected chi connectivity index (χ3v) is 5.36. The molecule has 0 saturated carbocycles. The summed E-state index contributed by atoms with van der Waals surface area (Å²) in [6.07, 6.45) is 8.87. The second-order valence-corrected chi connectivity index (χ2v) is 7.72. The van der Waals surface area contributed by atoms with Crippen molar-refractivity contribution in [3.63, 3.8) is 0 Å². The van der Waals surface area contributed by atoms with Gasteiger partial charge in [-0.3, -0.25) is 4.99 Å². The fraction of sp³-hybridized carbons (Fsp3) is 0.409. The zero-order valence-corrected chi connectivity index (χ0v) is 16.6. The van der Waals surface area contributed by atoms with Gasteiger partial charge in [0.1, 0.15) is 0 Å². The molecule has 0 aliphatic carbocycles. The lowest BCUT2D eigenvalue weighted by Crippen LogP contribution is -2.23. The number of benzene rings is 2. The Morgan fingerprint density at radius 3 is 2.35 bits per heavy atom. The van der Waals surface area contributed by atoms with Crippen LogP contribution < -0.4 is 5.32 Å². The summed E-state index contributed by atoms with van der Waals surface area (Å²) in [5, 5.41) is 4.88. The van der Waals surface area contributed by atoms with Gasteiger partial charge in [0.15, 0.2) is 0 Å². The van der Waals surface area contributed by atoms with Crippen molar-refractivity contribution in [2.75, 3.05) is 6.54 Å². The summed E-state index contributed by atoms with van der Waals surface area (Å²) in [4.78, 5) is 4.76. The lowest BCUT2D eigenvalue weighted by atomic mass is 10.0. The molecule has 0 unspecified atom stereocenters. The van der Waals surface area contributed by atoms with E-state index in [1.54, 1.807) is 6.07 Å². The molecule has 2 aromatic carbocycles. The first-order valence-corrected chi connectivity index (χ1v) is 10.3. The van der Waals surface area contributed by atoms with Gasteiger partial charge in [-0.1, -0.05) is 79.2 Å². The van der Waals surface area contributed by atoms with Gasteiger partial charge in [0.25, 0.3) is 0 Å². The second kappa shape index (κ2) is 9.99. The zero-order valence-electron chi connectivity index (χ0n) is 15.1. The van der Waals surface area contributed by atoms with Crippen LogP contribution >= 0.6 is 23.2 Å². The normalized spacial score (nSPS) is 16.0. The largest absolute Gasteiger partial charge is 0.370 e. The minimum atomic E-state index is 0.658. The molecule has 1 N–H and O–H groups in total. The summed E-state index contributed by atoms with van der Waals surface area (Å²) in [7, 11) is 0. The molecule has 2 aromatic rings. The fourth-order valence-corrected chi connectivity index (χ4v) is 3.80. The highest BCUT2D eigenvalue weighted by Crippen LogP contribution is 2.30. The maximum atomic E-state index is 6.31. The number of nitrogens with one attached hydrogen (secondary N) is 1. The first-order chi connectivity index (χ1) is 12.7. The maximum absolute atomic E-state index is 6.31. The van der Waals surface area contributed by atoms with Gasteiger partial charge in [0, 0.05) is 35.1 Å². The van der Waals surface area contributed by atoms with E-state index >= 15 is 0 Å². The van der Waals surface area contributed by atoms with Gasteiger partial charge in [-0.2, -0.15) is 0 Å². The number of amidine groups is 1. The Morgan fingerprint density at radius 1 is 0.846 bits per heavy atom. The quantitative estimate of drug-likeness (QED) is 0.607. The molecule has 0 saturated heterocycles. The minimum Gasteiger partial charge on any atom is -0.370 e. The van der Waals surface area contributed by atoms with Gasteiger partial charge in [-0.25, -0.2) is 0 Å². The lowest BCUT2D eigenvalue weighted by Gasteiger charge is -2.13. The Hall–Kier alpha value is -1.51. The molecule has 1 aliphatic rings. The molecule has 3 rings (SSSR count). The number of hydrogen-bond acceptors (Lipinski definition) is 2. The molecular formula is C22H26Cl2N2.